The number of nitrogens with two attached hydrogens (primary N) is 1. The Labute approximate surface area is 116 Å². The fourth-order valence-electron chi connectivity index (χ4n) is 1.43. The Balaban J connectivity index is 2.66. The van der Waals surface area contributed by atoms with Gasteiger partial charge < -0.3 is 15.8 Å². The van der Waals surface area contributed by atoms with Gasteiger partial charge in [-0.2, -0.15) is 0 Å². The van der Waals surface area contributed by atoms with E-state index in [9.17, 15) is 4.79 Å². The zero-order valence-corrected chi connectivity index (χ0v) is 12.5. The number of anilines is 1. The van der Waals surface area contributed by atoms with Crippen molar-refractivity contribution in [3.63, 3.8) is 0 Å². The number of amides is 1. The molecule has 1 rings (SSSR count). The van der Waals surface area contributed by atoms with Crippen molar-refractivity contribution in [3.8, 4) is 5.75 Å². The van der Waals surface area contributed by atoms with Gasteiger partial charge in [0.25, 0.3) is 0 Å². The Bertz CT molecular complexity index is 427. The predicted octanol–water partition coefficient (Wildman–Crippen LogP) is 2.91. The fraction of sp³-hybridized carbons (Fsp3) is 0.462. The van der Waals surface area contributed by atoms with Gasteiger partial charge in [0.1, 0.15) is 5.75 Å². The van der Waals surface area contributed by atoms with E-state index in [4.69, 9.17) is 10.5 Å². The van der Waals surface area contributed by atoms with E-state index < -0.39 is 0 Å². The van der Waals surface area contributed by atoms with Crippen LogP contribution in [0, 0.1) is 0 Å². The number of rotatable bonds is 5. The molecule has 0 fully saturated rings. The van der Waals surface area contributed by atoms with Crippen molar-refractivity contribution in [2.45, 2.75) is 32.2 Å². The Morgan fingerprint density at radius 1 is 1.50 bits per heavy atom. The maximum absolute atomic E-state index is 11.8. The molecule has 0 aliphatic heterocycles. The Hall–Kier alpha value is -1.07. The van der Waals surface area contributed by atoms with Crippen LogP contribution < -0.4 is 15.8 Å². The minimum absolute atomic E-state index is 0.0649. The molecule has 0 unspecified atom stereocenters. The molecule has 0 aromatic heterocycles. The van der Waals surface area contributed by atoms with Crippen LogP contribution in [-0.2, 0) is 4.79 Å². The molecule has 0 saturated carbocycles. The molecule has 5 heteroatoms. The SMILES string of the molecule is COc1ccc(Br)cc1NC(=O)CCC(C)(C)N. The molecule has 0 aliphatic rings. The molecule has 0 spiro atoms. The van der Waals surface area contributed by atoms with Gasteiger partial charge in [0, 0.05) is 16.4 Å². The zero-order chi connectivity index (χ0) is 13.8. The molecule has 100 valence electrons. The molecule has 1 amide bonds. The second kappa shape index (κ2) is 6.20. The first-order chi connectivity index (χ1) is 8.31. The zero-order valence-electron chi connectivity index (χ0n) is 10.9. The number of hydrogen-bond donors (Lipinski definition) is 2. The Morgan fingerprint density at radius 2 is 2.17 bits per heavy atom. The summed E-state index contributed by atoms with van der Waals surface area (Å²) in [7, 11) is 1.57. The minimum atomic E-state index is -0.335. The molecule has 0 saturated heterocycles. The first-order valence-electron chi connectivity index (χ1n) is 5.74. The average Bonchev–Trinajstić information content (AvgIpc) is 2.26. The lowest BCUT2D eigenvalue weighted by Crippen LogP contribution is -2.33. The van der Waals surface area contributed by atoms with Crippen LogP contribution >= 0.6 is 15.9 Å². The van der Waals surface area contributed by atoms with E-state index in [2.05, 4.69) is 21.2 Å². The number of methoxy groups -OCH3 is 1. The normalized spacial score (nSPS) is 11.2. The van der Waals surface area contributed by atoms with E-state index in [-0.39, 0.29) is 11.4 Å². The van der Waals surface area contributed by atoms with Crippen molar-refractivity contribution in [1.82, 2.24) is 0 Å². The van der Waals surface area contributed by atoms with E-state index in [1.54, 1.807) is 13.2 Å². The first-order valence-corrected chi connectivity index (χ1v) is 6.53. The number of ether oxygens (including phenoxy) is 1. The highest BCUT2D eigenvalue weighted by Gasteiger charge is 2.14. The van der Waals surface area contributed by atoms with Crippen molar-refractivity contribution in [2.24, 2.45) is 5.73 Å². The summed E-state index contributed by atoms with van der Waals surface area (Å²) in [4.78, 5) is 11.8. The summed E-state index contributed by atoms with van der Waals surface area (Å²) in [5, 5.41) is 2.83. The molecular formula is C13H19BrN2O2. The number of carbonyl (C=O) groups excluding carboxylic acids is 1. The lowest BCUT2D eigenvalue weighted by Gasteiger charge is -2.18. The van der Waals surface area contributed by atoms with Crippen LogP contribution in [0.5, 0.6) is 5.75 Å². The average molecular weight is 315 g/mol. The van der Waals surface area contributed by atoms with Crippen molar-refractivity contribution in [1.29, 1.82) is 0 Å². The third-order valence-electron chi connectivity index (χ3n) is 2.43. The molecule has 1 aromatic rings. The van der Waals surface area contributed by atoms with Gasteiger partial charge in [-0.15, -0.1) is 0 Å². The van der Waals surface area contributed by atoms with Gasteiger partial charge in [-0.3, -0.25) is 4.79 Å². The Kier molecular flexibility index (Phi) is 5.16. The van der Waals surface area contributed by atoms with Crippen molar-refractivity contribution in [3.05, 3.63) is 22.7 Å². The molecule has 0 radical (unpaired) electrons. The van der Waals surface area contributed by atoms with E-state index in [1.807, 2.05) is 26.0 Å². The second-order valence-electron chi connectivity index (χ2n) is 4.88. The summed E-state index contributed by atoms with van der Waals surface area (Å²) in [6, 6.07) is 5.47. The minimum Gasteiger partial charge on any atom is -0.495 e. The highest BCUT2D eigenvalue weighted by atomic mass is 79.9. The van der Waals surface area contributed by atoms with Crippen LogP contribution in [-0.4, -0.2) is 18.6 Å². The molecule has 18 heavy (non-hydrogen) atoms. The number of nitrogens with one attached hydrogen (secondary N) is 1. The third kappa shape index (κ3) is 5.06. The van der Waals surface area contributed by atoms with Gasteiger partial charge in [0.15, 0.2) is 0 Å². The van der Waals surface area contributed by atoms with Gasteiger partial charge in [-0.1, -0.05) is 15.9 Å². The monoisotopic (exact) mass is 314 g/mol. The van der Waals surface area contributed by atoms with Crippen molar-refractivity contribution < 1.29 is 9.53 Å². The van der Waals surface area contributed by atoms with E-state index in [0.717, 1.165) is 4.47 Å². The van der Waals surface area contributed by atoms with Crippen LogP contribution in [0.15, 0.2) is 22.7 Å². The van der Waals surface area contributed by atoms with Crippen LogP contribution in [0.1, 0.15) is 26.7 Å². The topological polar surface area (TPSA) is 64.3 Å². The molecule has 3 N–H and O–H groups in total. The van der Waals surface area contributed by atoms with Crippen LogP contribution in [0.4, 0.5) is 5.69 Å². The molecule has 4 nitrogen and oxygen atoms in total. The van der Waals surface area contributed by atoms with Gasteiger partial charge in [-0.25, -0.2) is 0 Å². The summed E-state index contributed by atoms with van der Waals surface area (Å²) in [6.45, 7) is 3.81. The van der Waals surface area contributed by atoms with Gasteiger partial charge in [0.05, 0.1) is 12.8 Å². The summed E-state index contributed by atoms with van der Waals surface area (Å²) in [5.41, 5.74) is 6.17. The number of carbonyl (C=O) groups is 1. The lowest BCUT2D eigenvalue weighted by atomic mass is 10.00. The number of hydrogen-bond acceptors (Lipinski definition) is 3. The lowest BCUT2D eigenvalue weighted by molar-refractivity contribution is -0.116. The fourth-order valence-corrected chi connectivity index (χ4v) is 1.79. The van der Waals surface area contributed by atoms with Crippen molar-refractivity contribution in [2.75, 3.05) is 12.4 Å². The number of benzene rings is 1. The molecule has 0 bridgehead atoms. The van der Waals surface area contributed by atoms with E-state index in [1.165, 1.54) is 0 Å². The van der Waals surface area contributed by atoms with Gasteiger partial charge >= 0.3 is 0 Å². The van der Waals surface area contributed by atoms with E-state index in [0.29, 0.717) is 24.3 Å². The number of halogens is 1. The molecule has 0 atom stereocenters. The van der Waals surface area contributed by atoms with Gasteiger partial charge in [-0.05, 0) is 38.5 Å². The summed E-state index contributed by atoms with van der Waals surface area (Å²) < 4.78 is 6.07. The standard InChI is InChI=1S/C13H19BrN2O2/c1-13(2,15)7-6-12(17)16-10-8-9(14)4-5-11(10)18-3/h4-5,8H,6-7,15H2,1-3H3,(H,16,17). The summed E-state index contributed by atoms with van der Waals surface area (Å²) >= 11 is 3.36. The maximum atomic E-state index is 11.8. The van der Waals surface area contributed by atoms with E-state index >= 15 is 0 Å². The molecule has 0 aliphatic carbocycles. The largest absolute Gasteiger partial charge is 0.495 e. The molecular weight excluding hydrogens is 296 g/mol. The van der Waals surface area contributed by atoms with Crippen molar-refractivity contribution >= 4 is 27.5 Å². The molecule has 0 heterocycles. The summed E-state index contributed by atoms with van der Waals surface area (Å²) in [5.74, 6) is 0.573. The van der Waals surface area contributed by atoms with Crippen LogP contribution in [0.2, 0.25) is 0 Å². The highest BCUT2D eigenvalue weighted by molar-refractivity contribution is 9.10. The highest BCUT2D eigenvalue weighted by Crippen LogP contribution is 2.28. The maximum Gasteiger partial charge on any atom is 0.224 e. The smallest absolute Gasteiger partial charge is 0.224 e. The van der Waals surface area contributed by atoms with Crippen LogP contribution in [0.25, 0.3) is 0 Å². The van der Waals surface area contributed by atoms with Crippen LogP contribution in [0.3, 0.4) is 0 Å². The summed E-state index contributed by atoms with van der Waals surface area (Å²) in [6.07, 6.45) is 1.02. The third-order valence-corrected chi connectivity index (χ3v) is 2.93. The first kappa shape index (κ1) is 15.0. The predicted molar refractivity (Wildman–Crippen MR) is 76.8 cm³/mol. The Morgan fingerprint density at radius 3 is 2.72 bits per heavy atom. The second-order valence-corrected chi connectivity index (χ2v) is 5.80. The quantitative estimate of drug-likeness (QED) is 0.878. The molecule has 1 aromatic carbocycles. The van der Waals surface area contributed by atoms with Gasteiger partial charge in [0.2, 0.25) is 5.91 Å².